The van der Waals surface area contributed by atoms with E-state index in [0.29, 0.717) is 5.69 Å². The number of allylic oxidation sites excluding steroid dienone is 3. The molecule has 1 aromatic heterocycles. The maximum absolute atomic E-state index is 13.1. The molecule has 0 aromatic carbocycles. The molecule has 1 aromatic rings. The number of aliphatic imine (C=N–C) groups is 1. The second-order valence-corrected chi connectivity index (χ2v) is 5.20. The van der Waals surface area contributed by atoms with Gasteiger partial charge < -0.3 is 4.48 Å². The highest BCUT2D eigenvalue weighted by Gasteiger charge is 2.26. The lowest BCUT2D eigenvalue weighted by Gasteiger charge is -2.10. The Kier molecular flexibility index (Phi) is 4.18. The smallest absolute Gasteiger partial charge is 0.316 e. The van der Waals surface area contributed by atoms with E-state index in [4.69, 9.17) is 11.6 Å². The Morgan fingerprint density at radius 3 is 2.50 bits per heavy atom. The summed E-state index contributed by atoms with van der Waals surface area (Å²) in [5.41, 5.74) is 5.10. The first kappa shape index (κ1) is 15.0. The fourth-order valence-electron chi connectivity index (χ4n) is 2.67. The first-order valence-corrected chi connectivity index (χ1v) is 6.88. The van der Waals surface area contributed by atoms with Gasteiger partial charge in [0.25, 0.3) is 0 Å². The highest BCUT2D eigenvalue weighted by atomic mass is 35.5. The van der Waals surface area contributed by atoms with Crippen LogP contribution < -0.4 is 0 Å². The largest absolute Gasteiger partial charge is 0.678 e. The van der Waals surface area contributed by atoms with Crippen LogP contribution in [0.15, 0.2) is 34.0 Å². The Morgan fingerprint density at radius 1 is 1.35 bits per heavy atom. The van der Waals surface area contributed by atoms with Crippen LogP contribution in [0.3, 0.4) is 0 Å². The van der Waals surface area contributed by atoms with Crippen LogP contribution >= 0.6 is 11.6 Å². The van der Waals surface area contributed by atoms with Crippen molar-refractivity contribution in [1.29, 1.82) is 0 Å². The third kappa shape index (κ3) is 2.35. The van der Waals surface area contributed by atoms with Gasteiger partial charge in [-0.3, -0.25) is 13.6 Å². The van der Waals surface area contributed by atoms with Crippen LogP contribution in [0.25, 0.3) is 5.57 Å². The van der Waals surface area contributed by atoms with Gasteiger partial charge in [0.05, 0.1) is 5.70 Å². The molecule has 2 nitrogen and oxygen atoms in total. The predicted molar refractivity (Wildman–Crippen MR) is 81.5 cm³/mol. The minimum Gasteiger partial charge on any atom is -0.316 e. The Bertz CT molecular complexity index is 642. The normalized spacial score (nSPS) is 17.6. The van der Waals surface area contributed by atoms with Crippen LogP contribution in [-0.4, -0.2) is 17.6 Å². The molecule has 0 bridgehead atoms. The highest BCUT2D eigenvalue weighted by Crippen LogP contribution is 2.34. The lowest BCUT2D eigenvalue weighted by Crippen LogP contribution is -2.15. The van der Waals surface area contributed by atoms with Crippen molar-refractivity contribution >= 4 is 30.3 Å². The van der Waals surface area contributed by atoms with Crippen LogP contribution in [0.4, 0.5) is 8.63 Å². The van der Waals surface area contributed by atoms with Crippen LogP contribution in [0.5, 0.6) is 0 Å². The van der Waals surface area contributed by atoms with Gasteiger partial charge in [-0.25, -0.2) is 0 Å². The zero-order valence-corrected chi connectivity index (χ0v) is 12.7. The molecule has 0 N–H and O–H groups in total. The lowest BCUT2D eigenvalue weighted by molar-refractivity contribution is 0.628. The molecule has 0 amide bonds. The van der Waals surface area contributed by atoms with E-state index in [0.717, 1.165) is 33.5 Å². The SMILES string of the molecule is CCC1=C(C)/C(=C(\C)c2ccc(Cl)n2B(F)F)N=C1C. The molecule has 1 aliphatic rings. The monoisotopic (exact) mass is 296 g/mol. The molecule has 2 heterocycles. The minimum absolute atomic E-state index is 0.0333. The third-order valence-corrected chi connectivity index (χ3v) is 3.99. The number of hydrogen-bond acceptors (Lipinski definition) is 1. The Hall–Kier alpha value is -1.36. The molecule has 1 aliphatic heterocycles. The summed E-state index contributed by atoms with van der Waals surface area (Å²) < 4.78 is 27.0. The molecule has 0 radical (unpaired) electrons. The maximum Gasteiger partial charge on any atom is 0.678 e. The molecule has 0 aliphatic carbocycles. The van der Waals surface area contributed by atoms with Crippen LogP contribution in [0, 0.1) is 0 Å². The average molecular weight is 297 g/mol. The van der Waals surface area contributed by atoms with Crippen LogP contribution in [-0.2, 0) is 0 Å². The van der Waals surface area contributed by atoms with Gasteiger partial charge in [0.15, 0.2) is 0 Å². The van der Waals surface area contributed by atoms with E-state index in [1.807, 2.05) is 13.8 Å². The Labute approximate surface area is 123 Å². The highest BCUT2D eigenvalue weighted by molar-refractivity contribution is 6.45. The summed E-state index contributed by atoms with van der Waals surface area (Å²) in [4.78, 5) is 4.53. The van der Waals surface area contributed by atoms with Crippen molar-refractivity contribution in [3.05, 3.63) is 39.8 Å². The lowest BCUT2D eigenvalue weighted by atomic mass is 10.0. The van der Waals surface area contributed by atoms with Crippen LogP contribution in [0.2, 0.25) is 5.15 Å². The van der Waals surface area contributed by atoms with E-state index in [-0.39, 0.29) is 5.15 Å². The van der Waals surface area contributed by atoms with Gasteiger partial charge in [-0.1, -0.05) is 18.5 Å². The standard InChI is InChI=1S/C14H16BClF2N2/c1-5-11-8(2)14(19-10(11)4)9(3)12-6-7-13(16)20(12)15(17)18/h6-7H,5H2,1-4H3/b14-9-. The fraction of sp³-hybridized carbons (Fsp3) is 0.357. The van der Waals surface area contributed by atoms with Crippen molar-refractivity contribution in [3.8, 4) is 0 Å². The van der Waals surface area contributed by atoms with Gasteiger partial charge in [0.1, 0.15) is 5.15 Å². The van der Waals surface area contributed by atoms with Gasteiger partial charge in [0, 0.05) is 11.4 Å². The second kappa shape index (κ2) is 5.56. The second-order valence-electron chi connectivity index (χ2n) is 4.82. The first-order chi connectivity index (χ1) is 9.38. The molecule has 106 valence electrons. The predicted octanol–water partition coefficient (Wildman–Crippen LogP) is 4.85. The number of rotatable bonds is 3. The van der Waals surface area contributed by atoms with Gasteiger partial charge >= 0.3 is 7.40 Å². The maximum atomic E-state index is 13.1. The minimum atomic E-state index is -2.66. The average Bonchev–Trinajstić information content (AvgIpc) is 2.89. The summed E-state index contributed by atoms with van der Waals surface area (Å²) in [7, 11) is -2.66. The number of hydrogen-bond donors (Lipinski definition) is 0. The van der Waals surface area contributed by atoms with Gasteiger partial charge in [-0.05, 0) is 56.0 Å². The van der Waals surface area contributed by atoms with Crippen molar-refractivity contribution in [2.24, 2.45) is 4.99 Å². The van der Waals surface area contributed by atoms with E-state index in [1.54, 1.807) is 13.0 Å². The van der Waals surface area contributed by atoms with Crippen molar-refractivity contribution < 1.29 is 8.63 Å². The van der Waals surface area contributed by atoms with Crippen molar-refractivity contribution in [2.45, 2.75) is 34.1 Å². The Balaban J connectivity index is 2.61. The molecule has 0 spiro atoms. The summed E-state index contributed by atoms with van der Waals surface area (Å²) in [5.74, 6) is 0. The van der Waals surface area contributed by atoms with Crippen molar-refractivity contribution in [3.63, 3.8) is 0 Å². The molecule has 0 unspecified atom stereocenters. The molecular formula is C14H16BClF2N2. The van der Waals surface area contributed by atoms with Gasteiger partial charge in [-0.15, -0.1) is 0 Å². The molecule has 0 fully saturated rings. The third-order valence-electron chi connectivity index (χ3n) is 3.68. The van der Waals surface area contributed by atoms with E-state index < -0.39 is 7.40 Å². The number of nitrogens with zero attached hydrogens (tertiary/aromatic N) is 2. The molecule has 6 heteroatoms. The van der Waals surface area contributed by atoms with Gasteiger partial charge in [0.2, 0.25) is 0 Å². The quantitative estimate of drug-likeness (QED) is 0.710. The summed E-state index contributed by atoms with van der Waals surface area (Å²) in [5, 5.41) is 0.0333. The summed E-state index contributed by atoms with van der Waals surface area (Å²) >= 11 is 5.82. The number of aromatic nitrogens is 1. The topological polar surface area (TPSA) is 17.3 Å². The summed E-state index contributed by atoms with van der Waals surface area (Å²) in [6.45, 7) is 7.80. The molecule has 20 heavy (non-hydrogen) atoms. The van der Waals surface area contributed by atoms with E-state index in [1.165, 1.54) is 11.6 Å². The van der Waals surface area contributed by atoms with E-state index in [9.17, 15) is 8.63 Å². The molecule has 0 saturated carbocycles. The molecule has 0 saturated heterocycles. The molecular weight excluding hydrogens is 280 g/mol. The summed E-state index contributed by atoms with van der Waals surface area (Å²) in [6.07, 6.45) is 0.883. The molecule has 0 atom stereocenters. The zero-order chi connectivity index (χ0) is 15.0. The van der Waals surface area contributed by atoms with Crippen molar-refractivity contribution in [2.75, 3.05) is 0 Å². The van der Waals surface area contributed by atoms with E-state index >= 15 is 0 Å². The number of halogens is 3. The van der Waals surface area contributed by atoms with Crippen molar-refractivity contribution in [1.82, 2.24) is 4.48 Å². The zero-order valence-electron chi connectivity index (χ0n) is 12.0. The Morgan fingerprint density at radius 2 is 2.00 bits per heavy atom. The summed E-state index contributed by atoms with van der Waals surface area (Å²) in [6, 6.07) is 3.09. The van der Waals surface area contributed by atoms with E-state index in [2.05, 4.69) is 11.9 Å². The van der Waals surface area contributed by atoms with Gasteiger partial charge in [-0.2, -0.15) is 0 Å². The molecule has 2 rings (SSSR count). The first-order valence-electron chi connectivity index (χ1n) is 6.50. The fourth-order valence-corrected chi connectivity index (χ4v) is 2.90. The van der Waals surface area contributed by atoms with Crippen LogP contribution in [0.1, 0.15) is 39.8 Å².